The number of piperazine rings is 1. The minimum Gasteiger partial charge on any atom is -0.338 e. The molecular formula is C18H28FN3O. The highest BCUT2D eigenvalue weighted by Gasteiger charge is 2.31. The molecule has 1 aromatic rings. The Morgan fingerprint density at radius 1 is 1.26 bits per heavy atom. The molecule has 1 aromatic carbocycles. The third-order valence-corrected chi connectivity index (χ3v) is 4.42. The Morgan fingerprint density at radius 2 is 1.91 bits per heavy atom. The van der Waals surface area contributed by atoms with Gasteiger partial charge in [0.1, 0.15) is 11.9 Å². The lowest BCUT2D eigenvalue weighted by Gasteiger charge is -2.36. The van der Waals surface area contributed by atoms with Crippen molar-refractivity contribution in [1.82, 2.24) is 15.1 Å². The number of rotatable bonds is 7. The van der Waals surface area contributed by atoms with E-state index in [1.807, 2.05) is 4.90 Å². The SMILES string of the molecule is CCCCN(CC)C(C(=O)N1CCNCC1)c1ccc(F)cc1. The van der Waals surface area contributed by atoms with Crippen LogP contribution in [0.2, 0.25) is 0 Å². The van der Waals surface area contributed by atoms with Crippen LogP contribution in [0, 0.1) is 5.82 Å². The fourth-order valence-corrected chi connectivity index (χ4v) is 3.04. The van der Waals surface area contributed by atoms with E-state index in [9.17, 15) is 9.18 Å². The number of benzene rings is 1. The van der Waals surface area contributed by atoms with E-state index in [0.29, 0.717) is 0 Å². The Kier molecular flexibility index (Phi) is 6.99. The molecule has 2 rings (SSSR count). The first-order valence-electron chi connectivity index (χ1n) is 8.66. The number of nitrogens with zero attached hydrogens (tertiary/aromatic N) is 2. The number of halogens is 1. The molecule has 1 fully saturated rings. The average molecular weight is 321 g/mol. The number of nitrogens with one attached hydrogen (secondary N) is 1. The number of likely N-dealkylation sites (N-methyl/N-ethyl adjacent to an activating group) is 1. The average Bonchev–Trinajstić information content (AvgIpc) is 2.60. The van der Waals surface area contributed by atoms with E-state index in [1.54, 1.807) is 12.1 Å². The minimum absolute atomic E-state index is 0.135. The molecule has 1 atom stereocenters. The highest BCUT2D eigenvalue weighted by Crippen LogP contribution is 2.24. The number of hydrogen-bond acceptors (Lipinski definition) is 3. The molecule has 128 valence electrons. The standard InChI is InChI=1S/C18H28FN3O/c1-3-5-12-21(4-2)17(15-6-8-16(19)9-7-15)18(23)22-13-10-20-11-14-22/h6-9,17,20H,3-5,10-14H2,1-2H3. The van der Waals surface area contributed by atoms with Gasteiger partial charge in [-0.3, -0.25) is 9.69 Å². The molecular weight excluding hydrogens is 293 g/mol. The van der Waals surface area contributed by atoms with Gasteiger partial charge in [0.2, 0.25) is 5.91 Å². The van der Waals surface area contributed by atoms with Gasteiger partial charge in [-0.1, -0.05) is 32.4 Å². The molecule has 1 N–H and O–H groups in total. The van der Waals surface area contributed by atoms with E-state index < -0.39 is 0 Å². The molecule has 0 radical (unpaired) electrons. The first kappa shape index (κ1) is 17.9. The van der Waals surface area contributed by atoms with Gasteiger partial charge in [0.15, 0.2) is 0 Å². The molecule has 1 unspecified atom stereocenters. The number of unbranched alkanes of at least 4 members (excludes halogenated alkanes) is 1. The third-order valence-electron chi connectivity index (χ3n) is 4.42. The zero-order valence-corrected chi connectivity index (χ0v) is 14.2. The molecule has 0 saturated carbocycles. The summed E-state index contributed by atoms with van der Waals surface area (Å²) in [5.41, 5.74) is 0.882. The molecule has 23 heavy (non-hydrogen) atoms. The van der Waals surface area contributed by atoms with Crippen molar-refractivity contribution in [3.05, 3.63) is 35.6 Å². The number of hydrogen-bond donors (Lipinski definition) is 1. The van der Waals surface area contributed by atoms with E-state index in [4.69, 9.17) is 0 Å². The number of carbonyl (C=O) groups excluding carboxylic acids is 1. The second-order valence-electron chi connectivity index (χ2n) is 6.01. The summed E-state index contributed by atoms with van der Waals surface area (Å²) < 4.78 is 13.3. The summed E-state index contributed by atoms with van der Waals surface area (Å²) in [6.07, 6.45) is 2.15. The van der Waals surface area contributed by atoms with Crippen molar-refractivity contribution in [2.24, 2.45) is 0 Å². The molecule has 1 heterocycles. The van der Waals surface area contributed by atoms with Crippen LogP contribution in [-0.4, -0.2) is 55.0 Å². The summed E-state index contributed by atoms with van der Waals surface area (Å²) >= 11 is 0. The zero-order chi connectivity index (χ0) is 16.7. The maximum atomic E-state index is 13.3. The van der Waals surface area contributed by atoms with E-state index in [1.165, 1.54) is 12.1 Å². The van der Waals surface area contributed by atoms with Crippen LogP contribution < -0.4 is 5.32 Å². The van der Waals surface area contributed by atoms with Crippen LogP contribution in [-0.2, 0) is 4.79 Å². The van der Waals surface area contributed by atoms with Crippen molar-refractivity contribution in [1.29, 1.82) is 0 Å². The summed E-state index contributed by atoms with van der Waals surface area (Å²) in [4.78, 5) is 17.2. The van der Waals surface area contributed by atoms with Gasteiger partial charge in [0.05, 0.1) is 0 Å². The lowest BCUT2D eigenvalue weighted by molar-refractivity contribution is -0.138. The highest BCUT2D eigenvalue weighted by molar-refractivity contribution is 5.83. The van der Waals surface area contributed by atoms with E-state index in [2.05, 4.69) is 24.1 Å². The topological polar surface area (TPSA) is 35.6 Å². The Balaban J connectivity index is 2.25. The second kappa shape index (κ2) is 8.99. The predicted molar refractivity (Wildman–Crippen MR) is 90.7 cm³/mol. The van der Waals surface area contributed by atoms with Gasteiger partial charge < -0.3 is 10.2 Å². The van der Waals surface area contributed by atoms with Gasteiger partial charge in [0, 0.05) is 26.2 Å². The van der Waals surface area contributed by atoms with Crippen LogP contribution in [0.5, 0.6) is 0 Å². The van der Waals surface area contributed by atoms with Crippen molar-refractivity contribution in [2.45, 2.75) is 32.7 Å². The minimum atomic E-state index is -0.315. The normalized spacial score (nSPS) is 16.6. The zero-order valence-electron chi connectivity index (χ0n) is 14.2. The monoisotopic (exact) mass is 321 g/mol. The molecule has 1 saturated heterocycles. The Labute approximate surface area is 138 Å². The molecule has 0 aromatic heterocycles. The van der Waals surface area contributed by atoms with Crippen molar-refractivity contribution in [2.75, 3.05) is 39.3 Å². The van der Waals surface area contributed by atoms with Crippen molar-refractivity contribution in [3.63, 3.8) is 0 Å². The smallest absolute Gasteiger partial charge is 0.244 e. The maximum absolute atomic E-state index is 13.3. The van der Waals surface area contributed by atoms with Gasteiger partial charge in [-0.2, -0.15) is 0 Å². The molecule has 4 nitrogen and oxygen atoms in total. The Morgan fingerprint density at radius 3 is 2.48 bits per heavy atom. The molecule has 0 bridgehead atoms. The number of amides is 1. The molecule has 1 aliphatic heterocycles. The molecule has 0 aliphatic carbocycles. The molecule has 5 heteroatoms. The summed E-state index contributed by atoms with van der Waals surface area (Å²) in [5.74, 6) is -0.130. The molecule has 1 amide bonds. The van der Waals surface area contributed by atoms with Crippen molar-refractivity contribution in [3.8, 4) is 0 Å². The Hall–Kier alpha value is -1.46. The van der Waals surface area contributed by atoms with Crippen LogP contribution in [0.1, 0.15) is 38.3 Å². The van der Waals surface area contributed by atoms with Gasteiger partial charge in [-0.15, -0.1) is 0 Å². The second-order valence-corrected chi connectivity index (χ2v) is 6.01. The van der Waals surface area contributed by atoms with Gasteiger partial charge in [-0.25, -0.2) is 4.39 Å². The first-order valence-corrected chi connectivity index (χ1v) is 8.66. The lowest BCUT2D eigenvalue weighted by atomic mass is 10.0. The van der Waals surface area contributed by atoms with E-state index in [-0.39, 0.29) is 17.8 Å². The van der Waals surface area contributed by atoms with Gasteiger partial charge in [-0.05, 0) is 37.2 Å². The van der Waals surface area contributed by atoms with Crippen LogP contribution in [0.25, 0.3) is 0 Å². The summed E-state index contributed by atoms with van der Waals surface area (Å²) in [5, 5.41) is 3.28. The molecule has 0 spiro atoms. The quantitative estimate of drug-likeness (QED) is 0.838. The van der Waals surface area contributed by atoms with Crippen LogP contribution in [0.4, 0.5) is 4.39 Å². The summed E-state index contributed by atoms with van der Waals surface area (Å²) in [6, 6.07) is 6.07. The summed E-state index contributed by atoms with van der Waals surface area (Å²) in [6.45, 7) is 9.07. The summed E-state index contributed by atoms with van der Waals surface area (Å²) in [7, 11) is 0. The van der Waals surface area contributed by atoms with Gasteiger partial charge in [0.25, 0.3) is 0 Å². The molecule has 1 aliphatic rings. The lowest BCUT2D eigenvalue weighted by Crippen LogP contribution is -2.51. The van der Waals surface area contributed by atoms with Crippen molar-refractivity contribution < 1.29 is 9.18 Å². The van der Waals surface area contributed by atoms with Gasteiger partial charge >= 0.3 is 0 Å². The highest BCUT2D eigenvalue weighted by atomic mass is 19.1. The van der Waals surface area contributed by atoms with Crippen molar-refractivity contribution >= 4 is 5.91 Å². The fourth-order valence-electron chi connectivity index (χ4n) is 3.04. The van der Waals surface area contributed by atoms with Crippen LogP contribution in [0.15, 0.2) is 24.3 Å². The first-order chi connectivity index (χ1) is 11.2. The largest absolute Gasteiger partial charge is 0.338 e. The third kappa shape index (κ3) is 4.75. The van der Waals surface area contributed by atoms with E-state index in [0.717, 1.165) is 57.7 Å². The van der Waals surface area contributed by atoms with Crippen LogP contribution >= 0.6 is 0 Å². The number of carbonyl (C=O) groups is 1. The fraction of sp³-hybridized carbons (Fsp3) is 0.611. The maximum Gasteiger partial charge on any atom is 0.244 e. The van der Waals surface area contributed by atoms with Crippen LogP contribution in [0.3, 0.4) is 0 Å². The Bertz CT molecular complexity index is 486. The van der Waals surface area contributed by atoms with E-state index >= 15 is 0 Å². The predicted octanol–water partition coefficient (Wildman–Crippen LogP) is 2.42.